The van der Waals surface area contributed by atoms with Crippen LogP contribution in [0.3, 0.4) is 0 Å². The molecular formula is C19H24N2O4S. The van der Waals surface area contributed by atoms with Crippen molar-refractivity contribution in [3.8, 4) is 5.75 Å². The van der Waals surface area contributed by atoms with Gasteiger partial charge in [-0.05, 0) is 44.5 Å². The molecule has 0 radical (unpaired) electrons. The second-order valence-electron chi connectivity index (χ2n) is 6.31. The first-order valence-corrected chi connectivity index (χ1v) is 9.75. The zero-order valence-corrected chi connectivity index (χ0v) is 16.2. The SMILES string of the molecule is COc1ccc(C(=O)NCc2ccc(C)cc2)cc1S(=O)(=O)NC(C)C. The van der Waals surface area contributed by atoms with Gasteiger partial charge in [0.05, 0.1) is 7.11 Å². The highest BCUT2D eigenvalue weighted by Crippen LogP contribution is 2.25. The molecule has 7 heteroatoms. The Bertz CT molecular complexity index is 875. The summed E-state index contributed by atoms with van der Waals surface area (Å²) in [7, 11) is -2.40. The van der Waals surface area contributed by atoms with Gasteiger partial charge in [0, 0.05) is 18.2 Å². The fourth-order valence-corrected chi connectivity index (χ4v) is 3.84. The summed E-state index contributed by atoms with van der Waals surface area (Å²) >= 11 is 0. The van der Waals surface area contributed by atoms with Gasteiger partial charge in [-0.2, -0.15) is 0 Å². The van der Waals surface area contributed by atoms with Crippen LogP contribution in [0.5, 0.6) is 5.75 Å². The molecule has 2 aromatic carbocycles. The molecule has 0 spiro atoms. The van der Waals surface area contributed by atoms with Crippen LogP contribution in [0.15, 0.2) is 47.4 Å². The first-order chi connectivity index (χ1) is 12.2. The predicted octanol–water partition coefficient (Wildman–Crippen LogP) is 2.62. The van der Waals surface area contributed by atoms with Crippen molar-refractivity contribution in [3.05, 3.63) is 59.2 Å². The minimum absolute atomic E-state index is 0.0586. The fraction of sp³-hybridized carbons (Fsp3) is 0.316. The first-order valence-electron chi connectivity index (χ1n) is 8.27. The smallest absolute Gasteiger partial charge is 0.251 e. The van der Waals surface area contributed by atoms with Gasteiger partial charge in [0.15, 0.2) is 0 Å². The van der Waals surface area contributed by atoms with Gasteiger partial charge in [0.25, 0.3) is 5.91 Å². The Labute approximate surface area is 154 Å². The second-order valence-corrected chi connectivity index (χ2v) is 7.99. The van der Waals surface area contributed by atoms with E-state index >= 15 is 0 Å². The van der Waals surface area contributed by atoms with E-state index in [1.165, 1.54) is 25.3 Å². The number of rotatable bonds is 7. The number of ether oxygens (including phenoxy) is 1. The van der Waals surface area contributed by atoms with E-state index in [1.54, 1.807) is 13.8 Å². The van der Waals surface area contributed by atoms with Crippen LogP contribution < -0.4 is 14.8 Å². The molecule has 140 valence electrons. The van der Waals surface area contributed by atoms with E-state index in [9.17, 15) is 13.2 Å². The van der Waals surface area contributed by atoms with Crippen molar-refractivity contribution in [1.29, 1.82) is 0 Å². The van der Waals surface area contributed by atoms with Crippen molar-refractivity contribution >= 4 is 15.9 Å². The lowest BCUT2D eigenvalue weighted by Gasteiger charge is -2.14. The molecule has 2 aromatic rings. The molecule has 0 bridgehead atoms. The highest BCUT2D eigenvalue weighted by molar-refractivity contribution is 7.89. The Morgan fingerprint density at radius 3 is 2.35 bits per heavy atom. The minimum atomic E-state index is -3.79. The molecule has 0 saturated carbocycles. The van der Waals surface area contributed by atoms with Crippen molar-refractivity contribution < 1.29 is 17.9 Å². The van der Waals surface area contributed by atoms with E-state index in [0.29, 0.717) is 6.54 Å². The molecule has 0 fully saturated rings. The lowest BCUT2D eigenvalue weighted by atomic mass is 10.1. The number of methoxy groups -OCH3 is 1. The van der Waals surface area contributed by atoms with E-state index in [0.717, 1.165) is 11.1 Å². The van der Waals surface area contributed by atoms with Crippen LogP contribution in [-0.2, 0) is 16.6 Å². The Kier molecular flexibility index (Phi) is 6.39. The van der Waals surface area contributed by atoms with Gasteiger partial charge in [-0.3, -0.25) is 4.79 Å². The first kappa shape index (κ1) is 19.9. The number of carbonyl (C=O) groups is 1. The highest BCUT2D eigenvalue weighted by Gasteiger charge is 2.22. The third-order valence-corrected chi connectivity index (χ3v) is 5.36. The maximum Gasteiger partial charge on any atom is 0.251 e. The summed E-state index contributed by atoms with van der Waals surface area (Å²) in [6, 6.07) is 11.9. The monoisotopic (exact) mass is 376 g/mol. The van der Waals surface area contributed by atoms with Gasteiger partial charge in [-0.25, -0.2) is 13.1 Å². The topological polar surface area (TPSA) is 84.5 Å². The quantitative estimate of drug-likeness (QED) is 0.778. The lowest BCUT2D eigenvalue weighted by Crippen LogP contribution is -2.31. The summed E-state index contributed by atoms with van der Waals surface area (Å²) in [4.78, 5) is 12.4. The van der Waals surface area contributed by atoms with E-state index < -0.39 is 10.0 Å². The number of benzene rings is 2. The molecule has 2 rings (SSSR count). The summed E-state index contributed by atoms with van der Waals surface area (Å²) in [5, 5.41) is 2.80. The number of hydrogen-bond acceptors (Lipinski definition) is 4. The number of carbonyl (C=O) groups excluding carboxylic acids is 1. The van der Waals surface area contributed by atoms with Crippen molar-refractivity contribution in [1.82, 2.24) is 10.0 Å². The van der Waals surface area contributed by atoms with Gasteiger partial charge in [-0.15, -0.1) is 0 Å². The number of hydrogen-bond donors (Lipinski definition) is 2. The van der Waals surface area contributed by atoms with Gasteiger partial charge in [-0.1, -0.05) is 29.8 Å². The van der Waals surface area contributed by atoms with Crippen LogP contribution in [0.4, 0.5) is 0 Å². The molecule has 6 nitrogen and oxygen atoms in total. The van der Waals surface area contributed by atoms with Crippen LogP contribution in [-0.4, -0.2) is 27.5 Å². The van der Waals surface area contributed by atoms with Crippen molar-refractivity contribution in [2.24, 2.45) is 0 Å². The average Bonchev–Trinajstić information content (AvgIpc) is 2.59. The Hall–Kier alpha value is -2.38. The molecule has 0 atom stereocenters. The van der Waals surface area contributed by atoms with Gasteiger partial charge in [0.2, 0.25) is 10.0 Å². The number of sulfonamides is 1. The van der Waals surface area contributed by atoms with E-state index in [1.807, 2.05) is 31.2 Å². The maximum atomic E-state index is 12.5. The molecule has 0 aliphatic heterocycles. The van der Waals surface area contributed by atoms with Crippen molar-refractivity contribution in [3.63, 3.8) is 0 Å². The molecule has 0 aliphatic rings. The second kappa shape index (κ2) is 8.33. The fourth-order valence-electron chi connectivity index (χ4n) is 2.39. The van der Waals surface area contributed by atoms with Crippen LogP contribution >= 0.6 is 0 Å². The molecule has 0 unspecified atom stereocenters. The Balaban J connectivity index is 2.22. The largest absolute Gasteiger partial charge is 0.495 e. The third-order valence-electron chi connectivity index (χ3n) is 3.68. The van der Waals surface area contributed by atoms with Gasteiger partial charge >= 0.3 is 0 Å². The van der Waals surface area contributed by atoms with Crippen LogP contribution in [0.25, 0.3) is 0 Å². The van der Waals surface area contributed by atoms with E-state index in [2.05, 4.69) is 10.0 Å². The number of nitrogens with one attached hydrogen (secondary N) is 2. The lowest BCUT2D eigenvalue weighted by molar-refractivity contribution is 0.0950. The number of amides is 1. The van der Waals surface area contributed by atoms with Gasteiger partial charge in [0.1, 0.15) is 10.6 Å². The number of aryl methyl sites for hydroxylation is 1. The van der Waals surface area contributed by atoms with E-state index in [-0.39, 0.29) is 28.2 Å². The average molecular weight is 376 g/mol. The summed E-state index contributed by atoms with van der Waals surface area (Å²) < 4.78 is 32.6. The molecule has 1 amide bonds. The van der Waals surface area contributed by atoms with Crippen molar-refractivity contribution in [2.75, 3.05) is 7.11 Å². The summed E-state index contributed by atoms with van der Waals surface area (Å²) in [5.74, 6) is -0.164. The predicted molar refractivity (Wildman–Crippen MR) is 101 cm³/mol. The molecule has 0 heterocycles. The molecule has 2 N–H and O–H groups in total. The Morgan fingerprint density at radius 1 is 1.12 bits per heavy atom. The highest BCUT2D eigenvalue weighted by atomic mass is 32.2. The molecular weight excluding hydrogens is 352 g/mol. The molecule has 0 aromatic heterocycles. The van der Waals surface area contributed by atoms with Crippen LogP contribution in [0.2, 0.25) is 0 Å². The standard InChI is InChI=1S/C19H24N2O4S/c1-13(2)21-26(23,24)18-11-16(9-10-17(18)25-4)19(22)20-12-15-7-5-14(3)6-8-15/h5-11,13,21H,12H2,1-4H3,(H,20,22). The molecule has 26 heavy (non-hydrogen) atoms. The summed E-state index contributed by atoms with van der Waals surface area (Å²) in [6.07, 6.45) is 0. The third kappa shape index (κ3) is 5.06. The van der Waals surface area contributed by atoms with E-state index in [4.69, 9.17) is 4.74 Å². The maximum absolute atomic E-state index is 12.5. The zero-order chi connectivity index (χ0) is 19.3. The minimum Gasteiger partial charge on any atom is -0.495 e. The van der Waals surface area contributed by atoms with Crippen LogP contribution in [0, 0.1) is 6.92 Å². The zero-order valence-electron chi connectivity index (χ0n) is 15.4. The molecule has 0 aliphatic carbocycles. The normalized spacial score (nSPS) is 11.4. The van der Waals surface area contributed by atoms with Gasteiger partial charge < -0.3 is 10.1 Å². The summed E-state index contributed by atoms with van der Waals surface area (Å²) in [5.41, 5.74) is 2.36. The molecule has 0 saturated heterocycles. The Morgan fingerprint density at radius 2 is 1.77 bits per heavy atom. The summed E-state index contributed by atoms with van der Waals surface area (Å²) in [6.45, 7) is 5.80. The van der Waals surface area contributed by atoms with Crippen LogP contribution in [0.1, 0.15) is 35.3 Å². The van der Waals surface area contributed by atoms with Crippen molar-refractivity contribution in [2.45, 2.75) is 38.3 Å².